The van der Waals surface area contributed by atoms with Crippen molar-refractivity contribution in [1.82, 2.24) is 5.32 Å². The zero-order valence-electron chi connectivity index (χ0n) is 11.7. The molecule has 0 bridgehead atoms. The number of hydrogen-bond donors (Lipinski definition) is 2. The first-order valence-corrected chi connectivity index (χ1v) is 6.89. The highest BCUT2D eigenvalue weighted by Crippen LogP contribution is 2.33. The van der Waals surface area contributed by atoms with Gasteiger partial charge in [-0.2, -0.15) is 0 Å². The van der Waals surface area contributed by atoms with Gasteiger partial charge in [-0.25, -0.2) is 0 Å². The monoisotopic (exact) mass is 298 g/mol. The molecule has 4 nitrogen and oxygen atoms in total. The number of carbonyl (C=O) groups is 1. The number of ether oxygens (including phenoxy) is 1. The van der Waals surface area contributed by atoms with Gasteiger partial charge < -0.3 is 15.8 Å². The van der Waals surface area contributed by atoms with Crippen molar-refractivity contribution in [3.63, 3.8) is 0 Å². The maximum Gasteiger partial charge on any atom is 0.226 e. The molecular formula is C15H23ClN2O2. The second-order valence-electron chi connectivity index (χ2n) is 5.10. The van der Waals surface area contributed by atoms with Crippen molar-refractivity contribution in [1.29, 1.82) is 0 Å². The van der Waals surface area contributed by atoms with Crippen LogP contribution in [-0.2, 0) is 9.53 Å². The van der Waals surface area contributed by atoms with E-state index in [0.717, 1.165) is 25.0 Å². The third kappa shape index (κ3) is 4.20. The molecule has 0 saturated carbocycles. The SMILES string of the molecule is C[C@H](CN)NC(=O)C1CCCOC1c1ccccc1.Cl. The van der Waals surface area contributed by atoms with Crippen LogP contribution in [0.5, 0.6) is 0 Å². The second kappa shape index (κ2) is 8.25. The first kappa shape index (κ1) is 17.0. The van der Waals surface area contributed by atoms with Gasteiger partial charge in [0.05, 0.1) is 12.0 Å². The number of carbonyl (C=O) groups excluding carboxylic acids is 1. The molecule has 1 aliphatic rings. The van der Waals surface area contributed by atoms with Crippen LogP contribution in [0.25, 0.3) is 0 Å². The number of hydrogen-bond acceptors (Lipinski definition) is 3. The average Bonchev–Trinajstić information content (AvgIpc) is 2.48. The Labute approximate surface area is 126 Å². The Kier molecular flexibility index (Phi) is 6.99. The van der Waals surface area contributed by atoms with Gasteiger partial charge in [0.25, 0.3) is 0 Å². The van der Waals surface area contributed by atoms with E-state index >= 15 is 0 Å². The number of amides is 1. The predicted molar refractivity (Wildman–Crippen MR) is 81.8 cm³/mol. The lowest BCUT2D eigenvalue weighted by atomic mass is 9.88. The minimum Gasteiger partial charge on any atom is -0.373 e. The Morgan fingerprint density at radius 1 is 1.45 bits per heavy atom. The van der Waals surface area contributed by atoms with Gasteiger partial charge in [0.1, 0.15) is 0 Å². The first-order valence-electron chi connectivity index (χ1n) is 6.89. The van der Waals surface area contributed by atoms with Gasteiger partial charge in [0.2, 0.25) is 5.91 Å². The van der Waals surface area contributed by atoms with E-state index in [0.29, 0.717) is 6.54 Å². The molecule has 1 aromatic rings. The van der Waals surface area contributed by atoms with Gasteiger partial charge in [0.15, 0.2) is 0 Å². The molecule has 1 heterocycles. The Hall–Kier alpha value is -1.10. The molecule has 0 spiro atoms. The van der Waals surface area contributed by atoms with E-state index in [-0.39, 0.29) is 36.4 Å². The summed E-state index contributed by atoms with van der Waals surface area (Å²) >= 11 is 0. The molecule has 112 valence electrons. The van der Waals surface area contributed by atoms with Gasteiger partial charge in [-0.05, 0) is 25.3 Å². The molecule has 0 aromatic heterocycles. The van der Waals surface area contributed by atoms with Crippen molar-refractivity contribution in [2.75, 3.05) is 13.2 Å². The summed E-state index contributed by atoms with van der Waals surface area (Å²) in [5.41, 5.74) is 6.62. The average molecular weight is 299 g/mol. The van der Waals surface area contributed by atoms with Gasteiger partial charge in [-0.3, -0.25) is 4.79 Å². The largest absolute Gasteiger partial charge is 0.373 e. The summed E-state index contributed by atoms with van der Waals surface area (Å²) < 4.78 is 5.82. The Morgan fingerprint density at radius 3 is 2.80 bits per heavy atom. The number of rotatable bonds is 4. The van der Waals surface area contributed by atoms with Crippen LogP contribution in [0.2, 0.25) is 0 Å². The molecule has 3 N–H and O–H groups in total. The van der Waals surface area contributed by atoms with E-state index in [4.69, 9.17) is 10.5 Å². The molecule has 2 rings (SSSR count). The predicted octanol–water partition coefficient (Wildman–Crippen LogP) is 2.04. The number of nitrogens with one attached hydrogen (secondary N) is 1. The van der Waals surface area contributed by atoms with Crippen LogP contribution < -0.4 is 11.1 Å². The Bertz CT molecular complexity index is 414. The van der Waals surface area contributed by atoms with Crippen molar-refractivity contribution >= 4 is 18.3 Å². The normalized spacial score (nSPS) is 23.5. The summed E-state index contributed by atoms with van der Waals surface area (Å²) in [6.45, 7) is 3.09. The summed E-state index contributed by atoms with van der Waals surface area (Å²) in [4.78, 5) is 12.3. The lowest BCUT2D eigenvalue weighted by molar-refractivity contribution is -0.135. The van der Waals surface area contributed by atoms with Crippen molar-refractivity contribution in [3.05, 3.63) is 35.9 Å². The Balaban J connectivity index is 0.00000200. The van der Waals surface area contributed by atoms with E-state index < -0.39 is 0 Å². The van der Waals surface area contributed by atoms with E-state index in [1.807, 2.05) is 37.3 Å². The maximum atomic E-state index is 12.3. The molecule has 1 amide bonds. The fourth-order valence-electron chi connectivity index (χ4n) is 2.43. The smallest absolute Gasteiger partial charge is 0.226 e. The molecule has 1 aliphatic heterocycles. The van der Waals surface area contributed by atoms with Crippen molar-refractivity contribution in [3.8, 4) is 0 Å². The second-order valence-corrected chi connectivity index (χ2v) is 5.10. The summed E-state index contributed by atoms with van der Waals surface area (Å²) in [6, 6.07) is 9.96. The summed E-state index contributed by atoms with van der Waals surface area (Å²) in [7, 11) is 0. The molecule has 3 atom stereocenters. The summed E-state index contributed by atoms with van der Waals surface area (Å²) in [5.74, 6) is -0.0725. The number of benzene rings is 1. The Morgan fingerprint density at radius 2 is 2.15 bits per heavy atom. The molecule has 2 unspecified atom stereocenters. The lowest BCUT2D eigenvalue weighted by Crippen LogP contribution is -2.44. The molecule has 20 heavy (non-hydrogen) atoms. The van der Waals surface area contributed by atoms with E-state index in [1.165, 1.54) is 0 Å². The number of halogens is 1. The summed E-state index contributed by atoms with van der Waals surface area (Å²) in [6.07, 6.45) is 1.65. The first-order chi connectivity index (χ1) is 9.22. The minimum atomic E-state index is -0.139. The highest BCUT2D eigenvalue weighted by molar-refractivity contribution is 5.85. The zero-order valence-corrected chi connectivity index (χ0v) is 12.6. The molecule has 1 aromatic carbocycles. The molecule has 5 heteroatoms. The van der Waals surface area contributed by atoms with Gasteiger partial charge in [-0.1, -0.05) is 30.3 Å². The van der Waals surface area contributed by atoms with E-state index in [2.05, 4.69) is 5.32 Å². The van der Waals surface area contributed by atoms with Crippen molar-refractivity contribution in [2.24, 2.45) is 11.7 Å². The minimum absolute atomic E-state index is 0. The van der Waals surface area contributed by atoms with Gasteiger partial charge in [0, 0.05) is 19.2 Å². The van der Waals surface area contributed by atoms with Crippen molar-refractivity contribution in [2.45, 2.75) is 31.9 Å². The zero-order chi connectivity index (χ0) is 13.7. The fourth-order valence-corrected chi connectivity index (χ4v) is 2.43. The standard InChI is InChI=1S/C15H22N2O2.ClH/c1-11(10-16)17-15(18)13-8-5-9-19-14(13)12-6-3-2-4-7-12;/h2-4,6-7,11,13-14H,5,8-10,16H2,1H3,(H,17,18);1H/t11-,13?,14?;/m1./s1. The van der Waals surface area contributed by atoms with Gasteiger partial charge in [-0.15, -0.1) is 12.4 Å². The maximum absolute atomic E-state index is 12.3. The molecule has 1 fully saturated rings. The van der Waals surface area contributed by atoms with E-state index in [1.54, 1.807) is 0 Å². The van der Waals surface area contributed by atoms with Crippen LogP contribution >= 0.6 is 12.4 Å². The third-order valence-corrected chi connectivity index (χ3v) is 3.53. The highest BCUT2D eigenvalue weighted by Gasteiger charge is 2.33. The van der Waals surface area contributed by atoms with Crippen LogP contribution in [0, 0.1) is 5.92 Å². The van der Waals surface area contributed by atoms with Crippen LogP contribution in [0.3, 0.4) is 0 Å². The molecule has 0 radical (unpaired) electrons. The topological polar surface area (TPSA) is 64.3 Å². The highest BCUT2D eigenvalue weighted by atomic mass is 35.5. The number of nitrogens with two attached hydrogens (primary N) is 1. The van der Waals surface area contributed by atoms with Crippen LogP contribution in [0.4, 0.5) is 0 Å². The lowest BCUT2D eigenvalue weighted by Gasteiger charge is -2.32. The van der Waals surface area contributed by atoms with E-state index in [9.17, 15) is 4.79 Å². The van der Waals surface area contributed by atoms with Crippen LogP contribution in [0.1, 0.15) is 31.4 Å². The molecular weight excluding hydrogens is 276 g/mol. The van der Waals surface area contributed by atoms with Crippen molar-refractivity contribution < 1.29 is 9.53 Å². The molecule has 1 saturated heterocycles. The molecule has 0 aliphatic carbocycles. The van der Waals surface area contributed by atoms with Crippen LogP contribution in [-0.4, -0.2) is 25.1 Å². The van der Waals surface area contributed by atoms with Crippen LogP contribution in [0.15, 0.2) is 30.3 Å². The van der Waals surface area contributed by atoms with Gasteiger partial charge >= 0.3 is 0 Å². The fraction of sp³-hybridized carbons (Fsp3) is 0.533. The summed E-state index contributed by atoms with van der Waals surface area (Å²) in [5, 5.41) is 2.96. The third-order valence-electron chi connectivity index (χ3n) is 3.53. The quantitative estimate of drug-likeness (QED) is 0.894.